The van der Waals surface area contributed by atoms with Crippen molar-refractivity contribution >= 4 is 57.7 Å². The number of nitrogens with one attached hydrogen (secondary N) is 2. The number of benzene rings is 1. The summed E-state index contributed by atoms with van der Waals surface area (Å²) in [5.41, 5.74) is 6.74. The minimum Gasteiger partial charge on any atom is -0.295 e. The number of halogens is 3. The number of hydrogen-bond acceptors (Lipinski definition) is 3. The van der Waals surface area contributed by atoms with Crippen molar-refractivity contribution < 1.29 is 4.79 Å². The summed E-state index contributed by atoms with van der Waals surface area (Å²) in [5.74, 6) is -0.223. The van der Waals surface area contributed by atoms with Crippen molar-refractivity contribution in [3.05, 3.63) is 49.1 Å². The van der Waals surface area contributed by atoms with Gasteiger partial charge in [-0.15, -0.1) is 11.3 Å². The van der Waals surface area contributed by atoms with Crippen LogP contribution in [0.3, 0.4) is 0 Å². The Balaban J connectivity index is 2.11. The van der Waals surface area contributed by atoms with Crippen molar-refractivity contribution in [1.29, 1.82) is 0 Å². The number of rotatable bonds is 4. The van der Waals surface area contributed by atoms with Crippen LogP contribution in [0.5, 0.6) is 0 Å². The molecule has 0 saturated heterocycles. The minimum atomic E-state index is -0.223. The fourth-order valence-electron chi connectivity index (χ4n) is 1.65. The molecule has 0 aliphatic rings. The van der Waals surface area contributed by atoms with E-state index in [4.69, 9.17) is 34.8 Å². The van der Waals surface area contributed by atoms with E-state index in [0.29, 0.717) is 25.6 Å². The Morgan fingerprint density at radius 3 is 2.50 bits per heavy atom. The van der Waals surface area contributed by atoms with Crippen molar-refractivity contribution in [1.82, 2.24) is 5.43 Å². The van der Waals surface area contributed by atoms with E-state index in [0.717, 1.165) is 12.0 Å². The number of hydrazine groups is 1. The van der Waals surface area contributed by atoms with Crippen LogP contribution < -0.4 is 10.9 Å². The molecule has 0 aliphatic heterocycles. The summed E-state index contributed by atoms with van der Waals surface area (Å²) in [5, 5.41) is 2.99. The third-order valence-corrected chi connectivity index (χ3v) is 4.41. The molecule has 0 aliphatic carbocycles. The van der Waals surface area contributed by atoms with Gasteiger partial charge in [-0.05, 0) is 35.6 Å². The number of thiophene rings is 1. The van der Waals surface area contributed by atoms with Crippen molar-refractivity contribution in [2.24, 2.45) is 0 Å². The standard InChI is InChI=1S/C13H11Cl3N2OS/c1-2-7-3-4-20-12(7)13(19)18-17-11-9(15)5-8(14)6-10(11)16/h3-6,17H,2H2,1H3,(H,18,19). The van der Waals surface area contributed by atoms with Gasteiger partial charge in [-0.2, -0.15) is 0 Å². The first kappa shape index (κ1) is 15.4. The fraction of sp³-hybridized carbons (Fsp3) is 0.154. The minimum absolute atomic E-state index is 0.223. The predicted octanol–water partition coefficient (Wildman–Crippen LogP) is 5.03. The number of aryl methyl sites for hydroxylation is 1. The van der Waals surface area contributed by atoms with E-state index in [1.807, 2.05) is 18.4 Å². The maximum absolute atomic E-state index is 12.1. The first-order chi connectivity index (χ1) is 9.52. The molecule has 7 heteroatoms. The number of hydrogen-bond donors (Lipinski definition) is 2. The molecule has 106 valence electrons. The van der Waals surface area contributed by atoms with Crippen LogP contribution in [0.15, 0.2) is 23.6 Å². The number of anilines is 1. The highest BCUT2D eigenvalue weighted by Gasteiger charge is 2.13. The lowest BCUT2D eigenvalue weighted by Crippen LogP contribution is -2.29. The quantitative estimate of drug-likeness (QED) is 0.760. The zero-order valence-corrected chi connectivity index (χ0v) is 13.6. The molecule has 2 aromatic rings. The molecule has 3 nitrogen and oxygen atoms in total. The Hall–Kier alpha value is -0.940. The SMILES string of the molecule is CCc1ccsc1C(=O)NNc1c(Cl)cc(Cl)cc1Cl. The Bertz CT molecular complexity index is 619. The van der Waals surface area contributed by atoms with Gasteiger partial charge in [-0.25, -0.2) is 0 Å². The molecule has 1 aromatic heterocycles. The molecule has 0 radical (unpaired) electrons. The first-order valence-electron chi connectivity index (χ1n) is 5.80. The maximum atomic E-state index is 12.1. The highest BCUT2D eigenvalue weighted by Crippen LogP contribution is 2.33. The second-order valence-electron chi connectivity index (χ2n) is 3.95. The van der Waals surface area contributed by atoms with E-state index in [1.54, 1.807) is 12.1 Å². The fourth-order valence-corrected chi connectivity index (χ4v) is 3.45. The monoisotopic (exact) mass is 348 g/mol. The molecule has 1 aromatic carbocycles. The summed E-state index contributed by atoms with van der Waals surface area (Å²) in [6.45, 7) is 2.00. The van der Waals surface area contributed by atoms with Crippen LogP contribution in [-0.2, 0) is 6.42 Å². The average Bonchev–Trinajstić information content (AvgIpc) is 2.85. The topological polar surface area (TPSA) is 41.1 Å². The summed E-state index contributed by atoms with van der Waals surface area (Å²) < 4.78 is 0. The van der Waals surface area contributed by atoms with E-state index in [9.17, 15) is 4.79 Å². The molecule has 1 heterocycles. The summed E-state index contributed by atoms with van der Waals surface area (Å²) in [7, 11) is 0. The number of carbonyl (C=O) groups is 1. The summed E-state index contributed by atoms with van der Waals surface area (Å²) >= 11 is 19.3. The smallest absolute Gasteiger partial charge is 0.279 e. The van der Waals surface area contributed by atoms with E-state index < -0.39 is 0 Å². The lowest BCUT2D eigenvalue weighted by Gasteiger charge is -2.12. The third-order valence-electron chi connectivity index (χ3n) is 2.64. The van der Waals surface area contributed by atoms with E-state index >= 15 is 0 Å². The molecular formula is C13H11Cl3N2OS. The molecule has 0 unspecified atom stereocenters. The number of carbonyl (C=O) groups excluding carboxylic acids is 1. The largest absolute Gasteiger partial charge is 0.295 e. The van der Waals surface area contributed by atoms with Gasteiger partial charge in [0.05, 0.1) is 20.6 Å². The molecule has 0 fully saturated rings. The van der Waals surface area contributed by atoms with Crippen molar-refractivity contribution in [2.75, 3.05) is 5.43 Å². The van der Waals surface area contributed by atoms with Crippen LogP contribution in [0.25, 0.3) is 0 Å². The molecule has 2 rings (SSSR count). The second-order valence-corrected chi connectivity index (χ2v) is 6.12. The molecule has 2 N–H and O–H groups in total. The molecular weight excluding hydrogens is 339 g/mol. The molecule has 1 amide bonds. The molecule has 0 atom stereocenters. The van der Waals surface area contributed by atoms with Crippen LogP contribution in [0.4, 0.5) is 5.69 Å². The second kappa shape index (κ2) is 6.68. The first-order valence-corrected chi connectivity index (χ1v) is 7.81. The van der Waals surface area contributed by atoms with Gasteiger partial charge in [0.25, 0.3) is 5.91 Å². The van der Waals surface area contributed by atoms with Gasteiger partial charge in [0, 0.05) is 5.02 Å². The van der Waals surface area contributed by atoms with Crippen molar-refractivity contribution in [3.63, 3.8) is 0 Å². The highest BCUT2D eigenvalue weighted by atomic mass is 35.5. The van der Waals surface area contributed by atoms with Crippen LogP contribution in [0.1, 0.15) is 22.2 Å². The highest BCUT2D eigenvalue weighted by molar-refractivity contribution is 7.12. The van der Waals surface area contributed by atoms with Crippen molar-refractivity contribution in [2.45, 2.75) is 13.3 Å². The molecule has 0 saturated carbocycles. The van der Waals surface area contributed by atoms with Gasteiger partial charge in [0.1, 0.15) is 0 Å². The lowest BCUT2D eigenvalue weighted by atomic mass is 10.2. The van der Waals surface area contributed by atoms with E-state index in [2.05, 4.69) is 10.9 Å². The summed E-state index contributed by atoms with van der Waals surface area (Å²) in [4.78, 5) is 12.7. The molecule has 0 bridgehead atoms. The maximum Gasteiger partial charge on any atom is 0.279 e. The zero-order valence-electron chi connectivity index (χ0n) is 10.5. The predicted molar refractivity (Wildman–Crippen MR) is 86.3 cm³/mol. The van der Waals surface area contributed by atoms with Crippen LogP contribution in [0.2, 0.25) is 15.1 Å². The Labute approximate surface area is 135 Å². The Morgan fingerprint density at radius 1 is 1.25 bits per heavy atom. The number of amides is 1. The van der Waals surface area contributed by atoms with Crippen LogP contribution >= 0.6 is 46.1 Å². The van der Waals surface area contributed by atoms with Gasteiger partial charge in [0.2, 0.25) is 0 Å². The van der Waals surface area contributed by atoms with Gasteiger partial charge in [-0.1, -0.05) is 41.7 Å². The summed E-state index contributed by atoms with van der Waals surface area (Å²) in [6.07, 6.45) is 0.800. The Morgan fingerprint density at radius 2 is 1.90 bits per heavy atom. The van der Waals surface area contributed by atoms with Gasteiger partial charge >= 0.3 is 0 Å². The normalized spacial score (nSPS) is 10.4. The van der Waals surface area contributed by atoms with E-state index in [-0.39, 0.29) is 5.91 Å². The van der Waals surface area contributed by atoms with Gasteiger partial charge < -0.3 is 0 Å². The van der Waals surface area contributed by atoms with E-state index in [1.165, 1.54) is 11.3 Å². The lowest BCUT2D eigenvalue weighted by molar-refractivity contribution is 0.0966. The molecule has 0 spiro atoms. The van der Waals surface area contributed by atoms with Gasteiger partial charge in [0.15, 0.2) is 0 Å². The van der Waals surface area contributed by atoms with Crippen LogP contribution in [-0.4, -0.2) is 5.91 Å². The van der Waals surface area contributed by atoms with Gasteiger partial charge in [-0.3, -0.25) is 15.6 Å². The zero-order chi connectivity index (χ0) is 14.7. The molecule has 20 heavy (non-hydrogen) atoms. The third kappa shape index (κ3) is 3.38. The average molecular weight is 350 g/mol. The summed E-state index contributed by atoms with van der Waals surface area (Å²) in [6, 6.07) is 5.03. The Kier molecular flexibility index (Phi) is 5.16. The van der Waals surface area contributed by atoms with Crippen molar-refractivity contribution in [3.8, 4) is 0 Å². The van der Waals surface area contributed by atoms with Crippen LogP contribution in [0, 0.1) is 0 Å².